The van der Waals surface area contributed by atoms with E-state index in [0.29, 0.717) is 18.7 Å². The van der Waals surface area contributed by atoms with Gasteiger partial charge < -0.3 is 5.73 Å². The minimum absolute atomic E-state index is 0.177. The van der Waals surface area contributed by atoms with E-state index < -0.39 is 22.1 Å². The zero-order valence-corrected chi connectivity index (χ0v) is 12.9. The maximum Gasteiger partial charge on any atom is 0.280 e. The smallest absolute Gasteiger partial charge is 0.280 e. The molecule has 1 aromatic carbocycles. The van der Waals surface area contributed by atoms with Crippen LogP contribution in [0.25, 0.3) is 0 Å². The molecule has 0 spiro atoms. The molecule has 118 valence electrons. The quantitative estimate of drug-likeness (QED) is 0.865. The van der Waals surface area contributed by atoms with Gasteiger partial charge in [0.1, 0.15) is 5.82 Å². The molecule has 1 fully saturated rings. The maximum absolute atomic E-state index is 13.7. The molecule has 5 nitrogen and oxygen atoms in total. The second-order valence-electron chi connectivity index (χ2n) is 5.36. The highest BCUT2D eigenvalue weighted by Crippen LogP contribution is 2.22. The van der Waals surface area contributed by atoms with Crippen LogP contribution < -0.4 is 10.5 Å². The lowest BCUT2D eigenvalue weighted by atomic mass is 10.1. The summed E-state index contributed by atoms with van der Waals surface area (Å²) < 4.78 is 42.7. The predicted octanol–water partition coefficient (Wildman–Crippen LogP) is 1.53. The summed E-state index contributed by atoms with van der Waals surface area (Å²) in [4.78, 5) is 0. The van der Waals surface area contributed by atoms with Gasteiger partial charge in [0.2, 0.25) is 0 Å². The molecule has 0 amide bonds. The van der Waals surface area contributed by atoms with Crippen molar-refractivity contribution in [2.45, 2.75) is 38.3 Å². The van der Waals surface area contributed by atoms with Crippen LogP contribution in [-0.4, -0.2) is 31.9 Å². The zero-order valence-electron chi connectivity index (χ0n) is 12.1. The lowest BCUT2D eigenvalue weighted by Crippen LogP contribution is -2.52. The molecule has 2 atom stereocenters. The van der Waals surface area contributed by atoms with Crippen molar-refractivity contribution >= 4 is 10.2 Å². The maximum atomic E-state index is 13.7. The fourth-order valence-corrected chi connectivity index (χ4v) is 4.37. The molecular weight excluding hydrogens is 293 g/mol. The van der Waals surface area contributed by atoms with Gasteiger partial charge in [-0.15, -0.1) is 0 Å². The average molecular weight is 315 g/mol. The Morgan fingerprint density at radius 1 is 1.43 bits per heavy atom. The third-order valence-electron chi connectivity index (χ3n) is 3.85. The van der Waals surface area contributed by atoms with Crippen molar-refractivity contribution < 1.29 is 12.8 Å². The van der Waals surface area contributed by atoms with Gasteiger partial charge in [-0.3, -0.25) is 0 Å². The van der Waals surface area contributed by atoms with Crippen LogP contribution in [0.15, 0.2) is 24.3 Å². The molecule has 1 saturated heterocycles. The van der Waals surface area contributed by atoms with Crippen molar-refractivity contribution in [3.8, 4) is 0 Å². The summed E-state index contributed by atoms with van der Waals surface area (Å²) in [7, 11) is -3.67. The summed E-state index contributed by atoms with van der Waals surface area (Å²) in [5, 5.41) is 0. The molecule has 2 unspecified atom stereocenters. The van der Waals surface area contributed by atoms with Gasteiger partial charge in [-0.05, 0) is 25.8 Å². The van der Waals surface area contributed by atoms with E-state index in [1.165, 1.54) is 10.4 Å². The van der Waals surface area contributed by atoms with E-state index in [9.17, 15) is 12.8 Å². The van der Waals surface area contributed by atoms with Crippen LogP contribution in [0.2, 0.25) is 0 Å². The van der Waals surface area contributed by atoms with Gasteiger partial charge >= 0.3 is 0 Å². The molecule has 0 aliphatic carbocycles. The van der Waals surface area contributed by atoms with E-state index in [1.807, 2.05) is 0 Å². The molecule has 1 heterocycles. The third-order valence-corrected chi connectivity index (χ3v) is 5.60. The van der Waals surface area contributed by atoms with E-state index in [4.69, 9.17) is 5.73 Å². The van der Waals surface area contributed by atoms with E-state index in [1.54, 1.807) is 25.1 Å². The molecule has 1 aliphatic heterocycles. The molecule has 1 aliphatic rings. The summed E-state index contributed by atoms with van der Waals surface area (Å²) in [6.07, 6.45) is 2.58. The highest BCUT2D eigenvalue weighted by Gasteiger charge is 2.32. The van der Waals surface area contributed by atoms with Crippen LogP contribution >= 0.6 is 0 Å². The van der Waals surface area contributed by atoms with Crippen LogP contribution in [0.3, 0.4) is 0 Å². The number of nitrogens with one attached hydrogen (secondary N) is 1. The highest BCUT2D eigenvalue weighted by molar-refractivity contribution is 7.87. The summed E-state index contributed by atoms with van der Waals surface area (Å²) in [5.41, 5.74) is 6.00. The lowest BCUT2D eigenvalue weighted by molar-refractivity contribution is 0.253. The predicted molar refractivity (Wildman–Crippen MR) is 80.3 cm³/mol. The van der Waals surface area contributed by atoms with Gasteiger partial charge in [-0.25, -0.2) is 4.39 Å². The monoisotopic (exact) mass is 315 g/mol. The normalized spacial score (nSPS) is 22.1. The van der Waals surface area contributed by atoms with E-state index in [-0.39, 0.29) is 6.04 Å². The third kappa shape index (κ3) is 3.79. The van der Waals surface area contributed by atoms with E-state index >= 15 is 0 Å². The van der Waals surface area contributed by atoms with Crippen LogP contribution in [0.5, 0.6) is 0 Å². The summed E-state index contributed by atoms with van der Waals surface area (Å²) >= 11 is 0. The molecule has 0 saturated carbocycles. The first-order valence-corrected chi connectivity index (χ1v) is 8.63. The van der Waals surface area contributed by atoms with Crippen LogP contribution in [0.4, 0.5) is 4.39 Å². The number of hydrogen-bond donors (Lipinski definition) is 2. The van der Waals surface area contributed by atoms with E-state index in [0.717, 1.165) is 19.3 Å². The minimum atomic E-state index is -3.67. The Labute approximate surface area is 125 Å². The lowest BCUT2D eigenvalue weighted by Gasteiger charge is -2.34. The van der Waals surface area contributed by atoms with Gasteiger partial charge in [0.05, 0.1) is 0 Å². The van der Waals surface area contributed by atoms with Crippen LogP contribution in [0.1, 0.15) is 37.8 Å². The largest absolute Gasteiger partial charge is 0.329 e. The summed E-state index contributed by atoms with van der Waals surface area (Å²) in [6, 6.07) is 5.37. The number of halogens is 1. The molecular formula is C14H22FN3O2S. The second-order valence-corrected chi connectivity index (χ2v) is 7.02. The van der Waals surface area contributed by atoms with Crippen molar-refractivity contribution in [3.05, 3.63) is 35.6 Å². The molecule has 3 N–H and O–H groups in total. The van der Waals surface area contributed by atoms with Crippen molar-refractivity contribution in [2.75, 3.05) is 13.1 Å². The highest BCUT2D eigenvalue weighted by atomic mass is 32.2. The van der Waals surface area contributed by atoms with E-state index in [2.05, 4.69) is 4.72 Å². The number of nitrogens with two attached hydrogens (primary N) is 1. The van der Waals surface area contributed by atoms with Crippen LogP contribution in [0, 0.1) is 5.82 Å². The van der Waals surface area contributed by atoms with Crippen LogP contribution in [-0.2, 0) is 10.2 Å². The fraction of sp³-hybridized carbons (Fsp3) is 0.571. The average Bonchev–Trinajstić information content (AvgIpc) is 2.47. The van der Waals surface area contributed by atoms with Gasteiger partial charge in [0.15, 0.2) is 0 Å². The van der Waals surface area contributed by atoms with Crippen molar-refractivity contribution in [1.29, 1.82) is 0 Å². The number of hydrogen-bond acceptors (Lipinski definition) is 3. The number of rotatable bonds is 5. The zero-order chi connectivity index (χ0) is 15.5. The van der Waals surface area contributed by atoms with Gasteiger partial charge in [-0.2, -0.15) is 17.4 Å². The number of piperidine rings is 1. The Kier molecular flexibility index (Phi) is 5.32. The first kappa shape index (κ1) is 16.4. The molecule has 0 bridgehead atoms. The Morgan fingerprint density at radius 2 is 2.14 bits per heavy atom. The molecule has 0 aromatic heterocycles. The summed E-state index contributed by atoms with van der Waals surface area (Å²) in [6.45, 7) is 2.40. The first-order valence-electron chi connectivity index (χ1n) is 7.19. The topological polar surface area (TPSA) is 75.4 Å². The summed E-state index contributed by atoms with van der Waals surface area (Å²) in [5.74, 6) is -0.415. The molecule has 1 aromatic rings. The van der Waals surface area contributed by atoms with Gasteiger partial charge in [0.25, 0.3) is 10.2 Å². The SMILES string of the molecule is CC(NS(=O)(=O)N1CCCCC1CN)c1ccccc1F. The van der Waals surface area contributed by atoms with Crippen molar-refractivity contribution in [1.82, 2.24) is 9.03 Å². The molecule has 2 rings (SSSR count). The standard InChI is InChI=1S/C14H22FN3O2S/c1-11(13-7-2-3-8-14(13)15)17-21(19,20)18-9-5-4-6-12(18)10-16/h2-3,7-8,11-12,17H,4-6,9-10,16H2,1H3. The molecule has 7 heteroatoms. The Hall–Kier alpha value is -1.02. The van der Waals surface area contributed by atoms with Crippen molar-refractivity contribution in [3.63, 3.8) is 0 Å². The minimum Gasteiger partial charge on any atom is -0.329 e. The Bertz CT molecular complexity index is 579. The fourth-order valence-electron chi connectivity index (χ4n) is 2.71. The van der Waals surface area contributed by atoms with Gasteiger partial charge in [-0.1, -0.05) is 24.6 Å². The molecule has 0 radical (unpaired) electrons. The second kappa shape index (κ2) is 6.83. The Balaban J connectivity index is 2.15. The number of benzene rings is 1. The van der Waals surface area contributed by atoms with Gasteiger partial charge in [0, 0.05) is 30.7 Å². The Morgan fingerprint density at radius 3 is 2.81 bits per heavy atom. The molecule has 21 heavy (non-hydrogen) atoms. The first-order chi connectivity index (χ1) is 9.95. The van der Waals surface area contributed by atoms with Crippen molar-refractivity contribution in [2.24, 2.45) is 5.73 Å². The number of nitrogens with zero attached hydrogens (tertiary/aromatic N) is 1.